The summed E-state index contributed by atoms with van der Waals surface area (Å²) in [7, 11) is 0. The number of aliphatic hydroxyl groups excluding tert-OH is 1. The maximum absolute atomic E-state index is 12.8. The molecule has 2 nitrogen and oxygen atoms in total. The predicted molar refractivity (Wildman–Crippen MR) is 64.2 cm³/mol. The molecule has 1 aromatic heterocycles. The van der Waals surface area contributed by atoms with Crippen molar-refractivity contribution in [3.05, 3.63) is 53.2 Å². The van der Waals surface area contributed by atoms with Gasteiger partial charge < -0.3 is 5.11 Å². The number of hydrogen-bond acceptors (Lipinski definition) is 2. The molecule has 0 aliphatic carbocycles. The summed E-state index contributed by atoms with van der Waals surface area (Å²) < 4.78 is 38.3. The third kappa shape index (κ3) is 2.76. The lowest BCUT2D eigenvalue weighted by Gasteiger charge is -2.14. The second kappa shape index (κ2) is 5.01. The first-order chi connectivity index (χ1) is 8.93. The van der Waals surface area contributed by atoms with Crippen molar-refractivity contribution in [2.45, 2.75) is 19.7 Å². The molecule has 0 aliphatic heterocycles. The van der Waals surface area contributed by atoms with E-state index >= 15 is 0 Å². The summed E-state index contributed by atoms with van der Waals surface area (Å²) in [6.07, 6.45) is -4.51. The number of nitrogens with zero attached hydrogens (tertiary/aromatic N) is 1. The van der Waals surface area contributed by atoms with Crippen molar-refractivity contribution in [3.8, 4) is 11.3 Å². The number of benzene rings is 1. The Bertz CT molecular complexity index is 579. The molecular weight excluding hydrogens is 255 g/mol. The molecule has 0 aliphatic rings. The maximum atomic E-state index is 12.8. The van der Waals surface area contributed by atoms with Gasteiger partial charge in [-0.1, -0.05) is 24.3 Å². The van der Waals surface area contributed by atoms with Crippen molar-refractivity contribution >= 4 is 0 Å². The number of hydrogen-bond donors (Lipinski definition) is 1. The van der Waals surface area contributed by atoms with E-state index < -0.39 is 11.9 Å². The Hall–Kier alpha value is -1.88. The molecule has 0 amide bonds. The zero-order chi connectivity index (χ0) is 14.0. The summed E-state index contributed by atoms with van der Waals surface area (Å²) in [5.41, 5.74) is 0.498. The van der Waals surface area contributed by atoms with Gasteiger partial charge in [-0.15, -0.1) is 0 Å². The van der Waals surface area contributed by atoms with Gasteiger partial charge in [-0.2, -0.15) is 13.2 Å². The van der Waals surface area contributed by atoms with Gasteiger partial charge in [0.05, 0.1) is 12.3 Å². The predicted octanol–water partition coefficient (Wildman–Crippen LogP) is 3.37. The van der Waals surface area contributed by atoms with Crippen molar-refractivity contribution in [2.75, 3.05) is 0 Å². The summed E-state index contributed by atoms with van der Waals surface area (Å²) in [5, 5.41) is 9.33. The van der Waals surface area contributed by atoms with E-state index in [4.69, 9.17) is 0 Å². The van der Waals surface area contributed by atoms with E-state index in [0.717, 1.165) is 6.07 Å². The normalized spacial score (nSPS) is 11.6. The summed E-state index contributed by atoms with van der Waals surface area (Å²) in [6.45, 7) is 1.17. The molecule has 2 rings (SSSR count). The SMILES string of the molecule is Cc1cc(C(F)(F)F)nc(-c2cc[c]cc2)c1CO. The minimum absolute atomic E-state index is 0.156. The highest BCUT2D eigenvalue weighted by Gasteiger charge is 2.33. The zero-order valence-corrected chi connectivity index (χ0v) is 10.1. The third-order valence-corrected chi connectivity index (χ3v) is 2.79. The lowest BCUT2D eigenvalue weighted by Crippen LogP contribution is -2.11. The van der Waals surface area contributed by atoms with Crippen molar-refractivity contribution in [1.82, 2.24) is 4.98 Å². The topological polar surface area (TPSA) is 33.1 Å². The van der Waals surface area contributed by atoms with Crippen LogP contribution in [0.3, 0.4) is 0 Å². The fourth-order valence-corrected chi connectivity index (χ4v) is 1.83. The van der Waals surface area contributed by atoms with Crippen LogP contribution in [0, 0.1) is 13.0 Å². The zero-order valence-electron chi connectivity index (χ0n) is 10.1. The maximum Gasteiger partial charge on any atom is 0.433 e. The van der Waals surface area contributed by atoms with Crippen LogP contribution in [0.15, 0.2) is 30.3 Å². The molecule has 1 heterocycles. The van der Waals surface area contributed by atoms with Gasteiger partial charge in [0.1, 0.15) is 5.69 Å². The Balaban J connectivity index is 2.67. The van der Waals surface area contributed by atoms with Crippen molar-refractivity contribution < 1.29 is 18.3 Å². The molecule has 0 fully saturated rings. The van der Waals surface area contributed by atoms with Crippen LogP contribution >= 0.6 is 0 Å². The average Bonchev–Trinajstić information content (AvgIpc) is 2.37. The first-order valence-electron chi connectivity index (χ1n) is 5.58. The first-order valence-corrected chi connectivity index (χ1v) is 5.58. The second-order valence-corrected chi connectivity index (χ2v) is 4.10. The number of aryl methyl sites for hydroxylation is 1. The van der Waals surface area contributed by atoms with Crippen LogP contribution in [0.25, 0.3) is 11.3 Å². The molecule has 0 saturated heterocycles. The number of rotatable bonds is 2. The van der Waals surface area contributed by atoms with Gasteiger partial charge >= 0.3 is 6.18 Å². The molecule has 99 valence electrons. The Morgan fingerprint density at radius 2 is 1.89 bits per heavy atom. The van der Waals surface area contributed by atoms with Crippen LogP contribution in [0.1, 0.15) is 16.8 Å². The standard InChI is InChI=1S/C14H11F3NO/c1-9-7-12(14(15,16)17)18-13(11(9)8-19)10-5-3-2-4-6-10/h3-7,19H,8H2,1H3. The number of halogens is 3. The van der Waals surface area contributed by atoms with Gasteiger partial charge in [0.15, 0.2) is 0 Å². The number of pyridine rings is 1. The summed E-state index contributed by atoms with van der Waals surface area (Å²) in [5.74, 6) is 0. The van der Waals surface area contributed by atoms with E-state index in [2.05, 4.69) is 11.1 Å². The van der Waals surface area contributed by atoms with Gasteiger partial charge in [0, 0.05) is 11.1 Å². The van der Waals surface area contributed by atoms with Gasteiger partial charge in [-0.05, 0) is 24.6 Å². The molecule has 0 bridgehead atoms. The minimum Gasteiger partial charge on any atom is -0.392 e. The summed E-state index contributed by atoms with van der Waals surface area (Å²) >= 11 is 0. The highest BCUT2D eigenvalue weighted by Crippen LogP contribution is 2.32. The van der Waals surface area contributed by atoms with Crippen LogP contribution in [-0.2, 0) is 12.8 Å². The molecule has 1 aromatic carbocycles. The summed E-state index contributed by atoms with van der Waals surface area (Å²) in [4.78, 5) is 3.65. The molecular formula is C14H11F3NO. The first kappa shape index (κ1) is 13.5. The Kier molecular flexibility index (Phi) is 3.57. The quantitative estimate of drug-likeness (QED) is 0.904. The van der Waals surface area contributed by atoms with Gasteiger partial charge in [-0.25, -0.2) is 4.98 Å². The molecule has 1 N–H and O–H groups in total. The lowest BCUT2D eigenvalue weighted by atomic mass is 10.0. The molecule has 2 aromatic rings. The van der Waals surface area contributed by atoms with Crippen LogP contribution < -0.4 is 0 Å². The largest absolute Gasteiger partial charge is 0.433 e. The van der Waals surface area contributed by atoms with Crippen LogP contribution in [-0.4, -0.2) is 10.1 Å². The van der Waals surface area contributed by atoms with Crippen LogP contribution in [0.2, 0.25) is 0 Å². The summed E-state index contributed by atoms with van der Waals surface area (Å²) in [6, 6.07) is 10.1. The fourth-order valence-electron chi connectivity index (χ4n) is 1.83. The number of aliphatic hydroxyl groups is 1. The van der Waals surface area contributed by atoms with Crippen LogP contribution in [0.4, 0.5) is 13.2 Å². The van der Waals surface area contributed by atoms with Crippen molar-refractivity contribution in [2.24, 2.45) is 0 Å². The average molecular weight is 266 g/mol. The highest BCUT2D eigenvalue weighted by molar-refractivity contribution is 5.64. The van der Waals surface area contributed by atoms with E-state index in [1.54, 1.807) is 24.3 Å². The van der Waals surface area contributed by atoms with E-state index in [1.807, 2.05) is 0 Å². The highest BCUT2D eigenvalue weighted by atomic mass is 19.4. The Morgan fingerprint density at radius 3 is 2.42 bits per heavy atom. The third-order valence-electron chi connectivity index (χ3n) is 2.79. The smallest absolute Gasteiger partial charge is 0.392 e. The second-order valence-electron chi connectivity index (χ2n) is 4.10. The molecule has 0 atom stereocenters. The van der Waals surface area contributed by atoms with E-state index in [1.165, 1.54) is 6.92 Å². The molecule has 1 radical (unpaired) electrons. The molecule has 19 heavy (non-hydrogen) atoms. The van der Waals surface area contributed by atoms with Gasteiger partial charge in [0.2, 0.25) is 0 Å². The Morgan fingerprint density at radius 1 is 1.26 bits per heavy atom. The lowest BCUT2D eigenvalue weighted by molar-refractivity contribution is -0.141. The van der Waals surface area contributed by atoms with E-state index in [9.17, 15) is 18.3 Å². The van der Waals surface area contributed by atoms with Crippen molar-refractivity contribution in [1.29, 1.82) is 0 Å². The molecule has 0 unspecified atom stereocenters. The molecule has 0 saturated carbocycles. The van der Waals surface area contributed by atoms with Crippen molar-refractivity contribution in [3.63, 3.8) is 0 Å². The van der Waals surface area contributed by atoms with E-state index in [-0.39, 0.29) is 12.3 Å². The number of alkyl halides is 3. The molecule has 0 spiro atoms. The van der Waals surface area contributed by atoms with Gasteiger partial charge in [-0.3, -0.25) is 0 Å². The van der Waals surface area contributed by atoms with E-state index in [0.29, 0.717) is 16.7 Å². The monoisotopic (exact) mass is 266 g/mol. The van der Waals surface area contributed by atoms with Crippen LogP contribution in [0.5, 0.6) is 0 Å². The number of aromatic nitrogens is 1. The molecule has 5 heteroatoms. The Labute approximate surface area is 108 Å². The van der Waals surface area contributed by atoms with Gasteiger partial charge in [0.25, 0.3) is 0 Å². The minimum atomic E-state index is -4.51. The fraction of sp³-hybridized carbons (Fsp3) is 0.214.